The van der Waals surface area contributed by atoms with Gasteiger partial charge >= 0.3 is 0 Å². The highest BCUT2D eigenvalue weighted by atomic mass is 35.5. The fraction of sp³-hybridized carbons (Fsp3) is 0.269. The van der Waals surface area contributed by atoms with Crippen molar-refractivity contribution in [1.82, 2.24) is 10.2 Å². The van der Waals surface area contributed by atoms with Crippen LogP contribution in [0.2, 0.25) is 5.02 Å². The summed E-state index contributed by atoms with van der Waals surface area (Å²) in [6.07, 6.45) is 0. The molecule has 1 aliphatic rings. The minimum atomic E-state index is -0.443. The summed E-state index contributed by atoms with van der Waals surface area (Å²) in [5.74, 6) is 0.473. The average molecular weight is 511 g/mol. The van der Waals surface area contributed by atoms with E-state index in [1.165, 1.54) is 0 Å². The van der Waals surface area contributed by atoms with Crippen LogP contribution in [0, 0.1) is 5.92 Å². The molecule has 0 radical (unpaired) electrons. The molecule has 2 amide bonds. The smallest absolute Gasteiger partial charge is 0.293 e. The Bertz CT molecular complexity index is 1220. The summed E-state index contributed by atoms with van der Waals surface area (Å²) in [6.45, 7) is 6.89. The fourth-order valence-corrected chi connectivity index (χ4v) is 4.29. The van der Waals surface area contributed by atoms with Crippen LogP contribution in [0.15, 0.2) is 65.1 Å². The molecule has 0 atom stereocenters. The first-order valence-electron chi connectivity index (χ1n) is 11.4. The summed E-state index contributed by atoms with van der Waals surface area (Å²) < 4.78 is 5.67. The number of halogens is 1. The van der Waals surface area contributed by atoms with E-state index < -0.39 is 5.91 Å². The third-order valence-corrected chi connectivity index (χ3v) is 6.18. The molecule has 7 nitrogen and oxygen atoms in total. The van der Waals surface area contributed by atoms with E-state index in [9.17, 15) is 9.59 Å². The Kier molecular flexibility index (Phi) is 7.73. The Morgan fingerprint density at radius 1 is 1.00 bits per heavy atom. The standard InChI is InChI=1S/C26H27ClN4O3S/c1-17(2)25(33)31-14-12-30(13-15-31)21-8-6-20(7-9-21)28-26(35)29-24(32)23-11-10-22(34-23)18-4-3-5-19(27)16-18/h3-11,16-17H,12-15H2,1-2H3,(H2,28,29,32,35). The zero-order chi connectivity index (χ0) is 24.9. The zero-order valence-corrected chi connectivity index (χ0v) is 21.2. The van der Waals surface area contributed by atoms with Gasteiger partial charge in [-0.15, -0.1) is 0 Å². The van der Waals surface area contributed by atoms with Crippen LogP contribution in [0.4, 0.5) is 11.4 Å². The summed E-state index contributed by atoms with van der Waals surface area (Å²) >= 11 is 11.3. The van der Waals surface area contributed by atoms with E-state index in [1.54, 1.807) is 24.3 Å². The van der Waals surface area contributed by atoms with Gasteiger partial charge in [0.2, 0.25) is 5.91 Å². The molecule has 2 N–H and O–H groups in total. The van der Waals surface area contributed by atoms with Crippen LogP contribution in [0.1, 0.15) is 24.4 Å². The lowest BCUT2D eigenvalue weighted by molar-refractivity contribution is -0.134. The van der Waals surface area contributed by atoms with Crippen LogP contribution in [0.25, 0.3) is 11.3 Å². The SMILES string of the molecule is CC(C)C(=O)N1CCN(c2ccc(NC(=S)NC(=O)c3ccc(-c4cccc(Cl)c4)o3)cc2)CC1. The van der Waals surface area contributed by atoms with Crippen molar-refractivity contribution in [2.24, 2.45) is 5.92 Å². The number of benzene rings is 2. The highest BCUT2D eigenvalue weighted by Gasteiger charge is 2.23. The molecule has 1 fully saturated rings. The molecule has 0 saturated carbocycles. The number of rotatable bonds is 5. The topological polar surface area (TPSA) is 77.8 Å². The van der Waals surface area contributed by atoms with Crippen molar-refractivity contribution >= 4 is 52.1 Å². The van der Waals surface area contributed by atoms with Crippen molar-refractivity contribution in [2.45, 2.75) is 13.8 Å². The van der Waals surface area contributed by atoms with E-state index in [1.807, 2.05) is 55.1 Å². The van der Waals surface area contributed by atoms with Crippen LogP contribution in [-0.4, -0.2) is 48.0 Å². The Morgan fingerprint density at radius 2 is 1.71 bits per heavy atom. The molecular weight excluding hydrogens is 484 g/mol. The molecule has 0 unspecified atom stereocenters. The van der Waals surface area contributed by atoms with Crippen LogP contribution in [0.3, 0.4) is 0 Å². The number of carbonyl (C=O) groups excluding carboxylic acids is 2. The largest absolute Gasteiger partial charge is 0.451 e. The summed E-state index contributed by atoms with van der Waals surface area (Å²) in [6, 6.07) is 18.3. The summed E-state index contributed by atoms with van der Waals surface area (Å²) in [5.41, 5.74) is 2.61. The lowest BCUT2D eigenvalue weighted by Gasteiger charge is -2.37. The number of hydrogen-bond acceptors (Lipinski definition) is 5. The quantitative estimate of drug-likeness (QED) is 0.469. The molecule has 1 aliphatic heterocycles. The third kappa shape index (κ3) is 6.21. The van der Waals surface area contributed by atoms with E-state index in [4.69, 9.17) is 28.2 Å². The summed E-state index contributed by atoms with van der Waals surface area (Å²) in [4.78, 5) is 28.9. The normalized spacial score (nSPS) is 13.6. The maximum absolute atomic E-state index is 12.5. The van der Waals surface area contributed by atoms with Crippen molar-refractivity contribution in [3.63, 3.8) is 0 Å². The van der Waals surface area contributed by atoms with Gasteiger partial charge in [-0.05, 0) is 60.7 Å². The molecule has 4 rings (SSSR count). The van der Waals surface area contributed by atoms with Crippen molar-refractivity contribution in [3.8, 4) is 11.3 Å². The van der Waals surface area contributed by atoms with Crippen LogP contribution < -0.4 is 15.5 Å². The predicted octanol–water partition coefficient (Wildman–Crippen LogP) is 5.03. The van der Waals surface area contributed by atoms with Gasteiger partial charge in [-0.25, -0.2) is 0 Å². The second-order valence-electron chi connectivity index (χ2n) is 8.60. The molecule has 3 aromatic rings. The predicted molar refractivity (Wildman–Crippen MR) is 143 cm³/mol. The Labute approximate surface area is 215 Å². The molecule has 182 valence electrons. The Balaban J connectivity index is 1.29. The molecule has 2 aromatic carbocycles. The lowest BCUT2D eigenvalue weighted by Crippen LogP contribution is -2.49. The molecular formula is C26H27ClN4O3S. The van der Waals surface area contributed by atoms with Crippen LogP contribution in [-0.2, 0) is 4.79 Å². The first-order valence-corrected chi connectivity index (χ1v) is 12.2. The van der Waals surface area contributed by atoms with E-state index in [-0.39, 0.29) is 22.7 Å². The average Bonchev–Trinajstić information content (AvgIpc) is 3.35. The van der Waals surface area contributed by atoms with Crippen molar-refractivity contribution in [2.75, 3.05) is 36.4 Å². The molecule has 9 heteroatoms. The fourth-order valence-electron chi connectivity index (χ4n) is 3.89. The number of carbonyl (C=O) groups is 2. The first-order chi connectivity index (χ1) is 16.8. The van der Waals surface area contributed by atoms with Crippen LogP contribution >= 0.6 is 23.8 Å². The molecule has 1 aromatic heterocycles. The number of hydrogen-bond donors (Lipinski definition) is 2. The van der Waals surface area contributed by atoms with E-state index >= 15 is 0 Å². The monoisotopic (exact) mass is 510 g/mol. The van der Waals surface area contributed by atoms with Gasteiger partial charge in [0, 0.05) is 54.1 Å². The summed E-state index contributed by atoms with van der Waals surface area (Å²) in [7, 11) is 0. The number of nitrogens with zero attached hydrogens (tertiary/aromatic N) is 2. The molecule has 1 saturated heterocycles. The van der Waals surface area contributed by atoms with Crippen molar-refractivity contribution < 1.29 is 14.0 Å². The highest BCUT2D eigenvalue weighted by molar-refractivity contribution is 7.80. The number of amides is 2. The van der Waals surface area contributed by atoms with Gasteiger partial charge in [-0.3, -0.25) is 14.9 Å². The highest BCUT2D eigenvalue weighted by Crippen LogP contribution is 2.25. The molecule has 35 heavy (non-hydrogen) atoms. The van der Waals surface area contributed by atoms with Gasteiger partial charge < -0.3 is 19.5 Å². The van der Waals surface area contributed by atoms with E-state index in [2.05, 4.69) is 15.5 Å². The minimum Gasteiger partial charge on any atom is -0.451 e. The van der Waals surface area contributed by atoms with E-state index in [0.29, 0.717) is 10.8 Å². The number of nitrogens with one attached hydrogen (secondary N) is 2. The second-order valence-corrected chi connectivity index (χ2v) is 9.44. The third-order valence-electron chi connectivity index (χ3n) is 5.74. The van der Waals surface area contributed by atoms with Crippen molar-refractivity contribution in [3.05, 3.63) is 71.4 Å². The second kappa shape index (κ2) is 10.9. The number of anilines is 2. The maximum Gasteiger partial charge on any atom is 0.293 e. The van der Waals surface area contributed by atoms with Gasteiger partial charge in [0.25, 0.3) is 5.91 Å². The summed E-state index contributed by atoms with van der Waals surface area (Å²) in [5, 5.41) is 6.42. The lowest BCUT2D eigenvalue weighted by atomic mass is 10.1. The number of furan rings is 1. The Hall–Kier alpha value is -3.36. The van der Waals surface area contributed by atoms with Gasteiger partial charge in [0.15, 0.2) is 10.9 Å². The molecule has 0 aliphatic carbocycles. The molecule has 0 bridgehead atoms. The van der Waals surface area contributed by atoms with Gasteiger partial charge in [0.1, 0.15) is 5.76 Å². The Morgan fingerprint density at radius 3 is 2.37 bits per heavy atom. The maximum atomic E-state index is 12.5. The van der Waals surface area contributed by atoms with Crippen LogP contribution in [0.5, 0.6) is 0 Å². The number of piperazine rings is 1. The molecule has 0 spiro atoms. The number of thiocarbonyl (C=S) groups is 1. The first kappa shape index (κ1) is 24.8. The van der Waals surface area contributed by atoms with E-state index in [0.717, 1.165) is 43.1 Å². The zero-order valence-electron chi connectivity index (χ0n) is 19.6. The molecule has 2 heterocycles. The van der Waals surface area contributed by atoms with Crippen molar-refractivity contribution in [1.29, 1.82) is 0 Å². The van der Waals surface area contributed by atoms with Gasteiger partial charge in [0.05, 0.1) is 0 Å². The minimum absolute atomic E-state index is 0.0223. The van der Waals surface area contributed by atoms with Gasteiger partial charge in [-0.2, -0.15) is 0 Å². The van der Waals surface area contributed by atoms with Gasteiger partial charge in [-0.1, -0.05) is 37.6 Å².